The average molecular weight is 463 g/mol. The number of esters is 1. The van der Waals surface area contributed by atoms with E-state index >= 15 is 0 Å². The molecule has 2 fully saturated rings. The van der Waals surface area contributed by atoms with Crippen molar-refractivity contribution in [3.05, 3.63) is 53.6 Å². The first-order valence-electron chi connectivity index (χ1n) is 12.9. The van der Waals surface area contributed by atoms with Crippen molar-refractivity contribution >= 4 is 17.0 Å². The number of carbonyl (C=O) groups excluding carboxylic acids is 1. The van der Waals surface area contributed by atoms with Crippen LogP contribution in [0.2, 0.25) is 0 Å². The Morgan fingerprint density at radius 3 is 2.38 bits per heavy atom. The molecule has 0 N–H and O–H groups in total. The maximum atomic E-state index is 12.6. The molecule has 2 aliphatic rings. The van der Waals surface area contributed by atoms with Crippen molar-refractivity contribution in [1.29, 1.82) is 0 Å². The highest BCUT2D eigenvalue weighted by Crippen LogP contribution is 2.37. The Labute approximate surface area is 201 Å². The third-order valence-corrected chi connectivity index (χ3v) is 7.45. The van der Waals surface area contributed by atoms with Gasteiger partial charge in [-0.25, -0.2) is 4.63 Å². The van der Waals surface area contributed by atoms with Crippen LogP contribution in [0.15, 0.2) is 47.1 Å². The van der Waals surface area contributed by atoms with E-state index in [1.807, 2.05) is 30.3 Å². The SMILES string of the molecule is O=C(OCc1ccccc1)C1CCC(Oc2cc(C3CCCCCCC3)cc3nonc23)CC1. The molecule has 6 heteroatoms. The second-order valence-corrected chi connectivity index (χ2v) is 9.88. The zero-order valence-electron chi connectivity index (χ0n) is 19.8. The topological polar surface area (TPSA) is 74.5 Å². The van der Waals surface area contributed by atoms with Crippen LogP contribution in [-0.4, -0.2) is 22.4 Å². The second kappa shape index (κ2) is 11.0. The number of aromatic nitrogens is 2. The summed E-state index contributed by atoms with van der Waals surface area (Å²) in [5.41, 5.74) is 3.77. The normalized spacial score (nSPS) is 22.1. The molecule has 180 valence electrons. The summed E-state index contributed by atoms with van der Waals surface area (Å²) in [6, 6.07) is 14.1. The first-order chi connectivity index (χ1) is 16.8. The quantitative estimate of drug-likeness (QED) is 0.378. The molecule has 5 rings (SSSR count). The molecule has 0 saturated heterocycles. The Kier molecular flexibility index (Phi) is 7.42. The Balaban J connectivity index is 1.20. The zero-order chi connectivity index (χ0) is 23.2. The minimum absolute atomic E-state index is 0.0569. The largest absolute Gasteiger partial charge is 0.488 e. The number of carbonyl (C=O) groups is 1. The van der Waals surface area contributed by atoms with E-state index < -0.39 is 0 Å². The number of benzene rings is 2. The Morgan fingerprint density at radius 1 is 0.882 bits per heavy atom. The molecule has 0 atom stereocenters. The zero-order valence-corrected chi connectivity index (χ0v) is 19.8. The molecule has 0 radical (unpaired) electrons. The van der Waals surface area contributed by atoms with Crippen molar-refractivity contribution in [2.45, 2.75) is 89.3 Å². The van der Waals surface area contributed by atoms with Crippen LogP contribution in [0.25, 0.3) is 11.0 Å². The summed E-state index contributed by atoms with van der Waals surface area (Å²) in [5.74, 6) is 1.15. The molecular formula is C28H34N2O4. The molecule has 2 saturated carbocycles. The molecule has 2 aliphatic carbocycles. The van der Waals surface area contributed by atoms with Crippen LogP contribution < -0.4 is 4.74 Å². The van der Waals surface area contributed by atoms with E-state index in [9.17, 15) is 4.79 Å². The van der Waals surface area contributed by atoms with E-state index in [0.717, 1.165) is 42.5 Å². The molecule has 1 heterocycles. The van der Waals surface area contributed by atoms with Gasteiger partial charge in [-0.3, -0.25) is 4.79 Å². The van der Waals surface area contributed by atoms with Gasteiger partial charge in [-0.05, 0) is 78.0 Å². The number of rotatable bonds is 6. The van der Waals surface area contributed by atoms with Crippen LogP contribution in [0.4, 0.5) is 0 Å². The summed E-state index contributed by atoms with van der Waals surface area (Å²) < 4.78 is 17.1. The predicted molar refractivity (Wildman–Crippen MR) is 129 cm³/mol. The summed E-state index contributed by atoms with van der Waals surface area (Å²) in [5, 5.41) is 8.24. The molecule has 6 nitrogen and oxygen atoms in total. The summed E-state index contributed by atoms with van der Waals surface area (Å²) in [4.78, 5) is 12.6. The maximum absolute atomic E-state index is 12.6. The van der Waals surface area contributed by atoms with E-state index in [2.05, 4.69) is 22.4 Å². The van der Waals surface area contributed by atoms with Gasteiger partial charge in [0.15, 0.2) is 11.3 Å². The van der Waals surface area contributed by atoms with Crippen LogP contribution in [0, 0.1) is 5.92 Å². The summed E-state index contributed by atoms with van der Waals surface area (Å²) in [7, 11) is 0. The molecule has 2 aromatic carbocycles. The molecule has 0 unspecified atom stereocenters. The van der Waals surface area contributed by atoms with Gasteiger partial charge in [0, 0.05) is 0 Å². The predicted octanol–water partition coefficient (Wildman–Crippen LogP) is 6.73. The van der Waals surface area contributed by atoms with Gasteiger partial charge in [0.05, 0.1) is 12.0 Å². The third-order valence-electron chi connectivity index (χ3n) is 7.45. The number of fused-ring (bicyclic) bond motifs is 1. The van der Waals surface area contributed by atoms with Gasteiger partial charge in [-0.2, -0.15) is 0 Å². The van der Waals surface area contributed by atoms with Crippen molar-refractivity contribution in [2.24, 2.45) is 5.92 Å². The first-order valence-corrected chi connectivity index (χ1v) is 12.9. The number of hydrogen-bond donors (Lipinski definition) is 0. The molecule has 0 spiro atoms. The van der Waals surface area contributed by atoms with Crippen LogP contribution >= 0.6 is 0 Å². The molecule has 1 aromatic heterocycles. The average Bonchev–Trinajstić information content (AvgIpc) is 3.33. The van der Waals surface area contributed by atoms with E-state index in [-0.39, 0.29) is 18.0 Å². The number of hydrogen-bond acceptors (Lipinski definition) is 6. The van der Waals surface area contributed by atoms with Crippen LogP contribution in [0.5, 0.6) is 5.75 Å². The second-order valence-electron chi connectivity index (χ2n) is 9.88. The third kappa shape index (κ3) is 5.60. The minimum atomic E-state index is -0.100. The maximum Gasteiger partial charge on any atom is 0.309 e. The van der Waals surface area contributed by atoms with Crippen molar-refractivity contribution in [3.8, 4) is 5.75 Å². The van der Waals surface area contributed by atoms with Crippen molar-refractivity contribution in [1.82, 2.24) is 10.3 Å². The molecule has 0 bridgehead atoms. The van der Waals surface area contributed by atoms with E-state index in [1.54, 1.807) is 0 Å². The van der Waals surface area contributed by atoms with Gasteiger partial charge in [0.2, 0.25) is 0 Å². The Hall–Kier alpha value is -2.89. The lowest BCUT2D eigenvalue weighted by atomic mass is 9.85. The summed E-state index contributed by atoms with van der Waals surface area (Å²) >= 11 is 0. The Bertz CT molecular complexity index is 1060. The summed E-state index contributed by atoms with van der Waals surface area (Å²) in [6.45, 7) is 0.335. The van der Waals surface area contributed by atoms with Gasteiger partial charge < -0.3 is 9.47 Å². The van der Waals surface area contributed by atoms with E-state index in [0.29, 0.717) is 18.0 Å². The lowest BCUT2D eigenvalue weighted by molar-refractivity contribution is -0.151. The molecule has 34 heavy (non-hydrogen) atoms. The number of nitrogens with zero attached hydrogens (tertiary/aromatic N) is 2. The monoisotopic (exact) mass is 462 g/mol. The van der Waals surface area contributed by atoms with Gasteiger partial charge in [-0.1, -0.05) is 62.4 Å². The molecular weight excluding hydrogens is 428 g/mol. The fraction of sp³-hybridized carbons (Fsp3) is 0.536. The van der Waals surface area contributed by atoms with Gasteiger partial charge in [0.25, 0.3) is 0 Å². The molecule has 0 aliphatic heterocycles. The van der Waals surface area contributed by atoms with Gasteiger partial charge in [0.1, 0.15) is 12.1 Å². The van der Waals surface area contributed by atoms with Crippen LogP contribution in [-0.2, 0) is 16.1 Å². The lowest BCUT2D eigenvalue weighted by Crippen LogP contribution is -2.29. The highest BCUT2D eigenvalue weighted by atomic mass is 16.6. The van der Waals surface area contributed by atoms with Crippen molar-refractivity contribution in [3.63, 3.8) is 0 Å². The smallest absolute Gasteiger partial charge is 0.309 e. The Morgan fingerprint density at radius 2 is 1.62 bits per heavy atom. The highest BCUT2D eigenvalue weighted by molar-refractivity contribution is 5.81. The van der Waals surface area contributed by atoms with Gasteiger partial charge in [-0.15, -0.1) is 0 Å². The van der Waals surface area contributed by atoms with Crippen molar-refractivity contribution in [2.75, 3.05) is 0 Å². The molecule has 3 aromatic rings. The van der Waals surface area contributed by atoms with E-state index in [4.69, 9.17) is 14.1 Å². The highest BCUT2D eigenvalue weighted by Gasteiger charge is 2.29. The first kappa shape index (κ1) is 22.9. The lowest BCUT2D eigenvalue weighted by Gasteiger charge is -2.28. The fourth-order valence-electron chi connectivity index (χ4n) is 5.44. The number of ether oxygens (including phenoxy) is 2. The van der Waals surface area contributed by atoms with Crippen LogP contribution in [0.1, 0.15) is 87.7 Å². The standard InChI is InChI=1S/C28H34N2O4/c31-28(32-19-20-9-5-4-6-10-20)22-13-15-24(16-14-22)33-26-18-23(17-25-27(26)30-34-29-25)21-11-7-2-1-3-8-12-21/h4-6,9-10,17-18,21-22,24H,1-3,7-8,11-16,19H2. The van der Waals surface area contributed by atoms with Gasteiger partial charge >= 0.3 is 5.97 Å². The minimum Gasteiger partial charge on any atom is -0.488 e. The summed E-state index contributed by atoms with van der Waals surface area (Å²) in [6.07, 6.45) is 12.3. The van der Waals surface area contributed by atoms with E-state index in [1.165, 1.54) is 50.5 Å². The van der Waals surface area contributed by atoms with Crippen molar-refractivity contribution < 1.29 is 18.9 Å². The fourth-order valence-corrected chi connectivity index (χ4v) is 5.44. The molecule has 0 amide bonds. The van der Waals surface area contributed by atoms with Crippen LogP contribution in [0.3, 0.4) is 0 Å².